The van der Waals surface area contributed by atoms with Gasteiger partial charge in [-0.25, -0.2) is 4.79 Å². The number of hydrogen-bond donors (Lipinski definition) is 3. The Morgan fingerprint density at radius 1 is 0.892 bits per heavy atom. The highest BCUT2D eigenvalue weighted by molar-refractivity contribution is 7.99. The zero-order valence-corrected chi connectivity index (χ0v) is 21.6. The summed E-state index contributed by atoms with van der Waals surface area (Å²) in [6.45, 7) is 4.04. The van der Waals surface area contributed by atoms with Crippen molar-refractivity contribution in [3.8, 4) is 0 Å². The second-order valence-corrected chi connectivity index (χ2v) is 10.2. The Hall–Kier alpha value is -3.17. The summed E-state index contributed by atoms with van der Waals surface area (Å²) in [4.78, 5) is 23.4. The van der Waals surface area contributed by atoms with E-state index in [2.05, 4.69) is 12.2 Å². The second kappa shape index (κ2) is 12.4. The van der Waals surface area contributed by atoms with Gasteiger partial charge in [-0.15, -0.1) is 11.8 Å². The molecule has 4 atom stereocenters. The average Bonchev–Trinajstić information content (AvgIpc) is 2.92. The summed E-state index contributed by atoms with van der Waals surface area (Å²) >= 11 is 1.62. The summed E-state index contributed by atoms with van der Waals surface area (Å²) in [5, 5.41) is 21.4. The number of aliphatic hydroxyl groups excluding tert-OH is 1. The molecule has 1 aliphatic rings. The number of nitrogens with one attached hydrogen (secondary N) is 1. The van der Waals surface area contributed by atoms with E-state index in [0.717, 1.165) is 27.1 Å². The monoisotopic (exact) mass is 521 g/mol. The molecule has 3 N–H and O–H groups in total. The molecule has 8 heteroatoms. The Kier molecular flexibility index (Phi) is 9.00. The molecular weight excluding hydrogens is 490 g/mol. The van der Waals surface area contributed by atoms with E-state index >= 15 is 0 Å². The van der Waals surface area contributed by atoms with Crippen LogP contribution in [0, 0.1) is 5.92 Å². The fourth-order valence-electron chi connectivity index (χ4n) is 4.20. The number of hydrogen-bond acceptors (Lipinski definition) is 6. The Balaban J connectivity index is 1.53. The van der Waals surface area contributed by atoms with Gasteiger partial charge >= 0.3 is 5.97 Å². The molecule has 0 unspecified atom stereocenters. The van der Waals surface area contributed by atoms with Gasteiger partial charge in [-0.2, -0.15) is 0 Å². The van der Waals surface area contributed by atoms with Gasteiger partial charge in [0.25, 0.3) is 0 Å². The molecule has 1 heterocycles. The third kappa shape index (κ3) is 6.99. The summed E-state index contributed by atoms with van der Waals surface area (Å²) in [6, 6.07) is 22.4. The molecule has 0 spiro atoms. The predicted octanol–water partition coefficient (Wildman–Crippen LogP) is 5.10. The van der Waals surface area contributed by atoms with E-state index in [-0.39, 0.29) is 36.2 Å². The highest BCUT2D eigenvalue weighted by Gasteiger charge is 2.38. The first kappa shape index (κ1) is 26.9. The van der Waals surface area contributed by atoms with Crippen LogP contribution in [-0.2, 0) is 27.4 Å². The van der Waals surface area contributed by atoms with Crippen LogP contribution in [0.15, 0.2) is 77.7 Å². The van der Waals surface area contributed by atoms with Crippen molar-refractivity contribution in [2.45, 2.75) is 50.4 Å². The zero-order valence-electron chi connectivity index (χ0n) is 20.8. The van der Waals surface area contributed by atoms with E-state index in [4.69, 9.17) is 14.6 Å². The van der Waals surface area contributed by atoms with E-state index in [9.17, 15) is 14.7 Å². The number of thioether (sulfide) groups is 1. The molecule has 3 aromatic rings. The third-order valence-electron chi connectivity index (χ3n) is 6.43. The first-order valence-electron chi connectivity index (χ1n) is 12.1. The van der Waals surface area contributed by atoms with Crippen molar-refractivity contribution < 1.29 is 29.3 Å². The van der Waals surface area contributed by atoms with Crippen LogP contribution in [0.4, 0.5) is 0 Å². The predicted molar refractivity (Wildman–Crippen MR) is 141 cm³/mol. The van der Waals surface area contributed by atoms with Crippen LogP contribution in [0.1, 0.15) is 58.9 Å². The minimum Gasteiger partial charge on any atom is -0.478 e. The number of ether oxygens (including phenoxy) is 2. The van der Waals surface area contributed by atoms with E-state index in [1.807, 2.05) is 60.7 Å². The lowest BCUT2D eigenvalue weighted by Gasteiger charge is -2.41. The van der Waals surface area contributed by atoms with Crippen molar-refractivity contribution in [2.75, 3.05) is 5.75 Å². The van der Waals surface area contributed by atoms with Gasteiger partial charge in [0.05, 0.1) is 24.4 Å². The van der Waals surface area contributed by atoms with Crippen molar-refractivity contribution in [3.63, 3.8) is 0 Å². The Bertz CT molecular complexity index is 1200. The van der Waals surface area contributed by atoms with Crippen LogP contribution in [0.5, 0.6) is 0 Å². The summed E-state index contributed by atoms with van der Waals surface area (Å²) in [6.07, 6.45) is -0.927. The first-order chi connectivity index (χ1) is 17.8. The van der Waals surface area contributed by atoms with E-state index < -0.39 is 12.3 Å². The number of carbonyl (C=O) groups is 2. The van der Waals surface area contributed by atoms with Gasteiger partial charge in [-0.3, -0.25) is 4.79 Å². The topological polar surface area (TPSA) is 105 Å². The first-order valence-corrected chi connectivity index (χ1v) is 13.1. The Labute approximate surface area is 220 Å². The minimum absolute atomic E-state index is 0.0160. The molecule has 194 valence electrons. The largest absolute Gasteiger partial charge is 0.478 e. The molecule has 0 aliphatic carbocycles. The molecule has 1 aliphatic heterocycles. The summed E-state index contributed by atoms with van der Waals surface area (Å²) in [5.41, 5.74) is 3.98. The molecule has 37 heavy (non-hydrogen) atoms. The molecule has 7 nitrogen and oxygen atoms in total. The van der Waals surface area contributed by atoms with Crippen LogP contribution in [0.2, 0.25) is 0 Å². The fraction of sp³-hybridized carbons (Fsp3) is 0.310. The lowest BCUT2D eigenvalue weighted by Crippen LogP contribution is -2.38. The maximum atomic E-state index is 11.2. The maximum Gasteiger partial charge on any atom is 0.335 e. The SMILES string of the molecule is CC(=O)NCc1ccc([C@@H]2O[C@H](CSc3ccc(C(=O)O)cc3)[C@H](C)[C@H](c3ccc(CO)cc3)O2)cc1. The smallest absolute Gasteiger partial charge is 0.335 e. The van der Waals surface area contributed by atoms with Crippen LogP contribution in [-0.4, -0.2) is 33.9 Å². The lowest BCUT2D eigenvalue weighted by atomic mass is 9.91. The Morgan fingerprint density at radius 2 is 1.51 bits per heavy atom. The van der Waals surface area contributed by atoms with Gasteiger partial charge in [0, 0.05) is 35.6 Å². The number of carbonyl (C=O) groups excluding carboxylic acids is 1. The highest BCUT2D eigenvalue weighted by Crippen LogP contribution is 2.43. The molecule has 0 saturated carbocycles. The number of aliphatic hydroxyl groups is 1. The fourth-order valence-corrected chi connectivity index (χ4v) is 5.27. The number of carboxylic acids is 1. The highest BCUT2D eigenvalue weighted by atomic mass is 32.2. The molecule has 1 amide bonds. The molecule has 0 radical (unpaired) electrons. The number of aromatic carboxylic acids is 1. The quantitative estimate of drug-likeness (QED) is 0.337. The summed E-state index contributed by atoms with van der Waals surface area (Å²) in [5.74, 6) is -0.316. The third-order valence-corrected chi connectivity index (χ3v) is 7.53. The van der Waals surface area contributed by atoms with Gasteiger partial charge in [0.15, 0.2) is 6.29 Å². The van der Waals surface area contributed by atoms with E-state index in [1.165, 1.54) is 6.92 Å². The van der Waals surface area contributed by atoms with Crippen molar-refractivity contribution in [1.29, 1.82) is 0 Å². The number of amides is 1. The zero-order chi connectivity index (χ0) is 26.4. The molecule has 4 rings (SSSR count). The van der Waals surface area contributed by atoms with Gasteiger partial charge in [-0.1, -0.05) is 55.5 Å². The molecule has 0 bridgehead atoms. The van der Waals surface area contributed by atoms with Crippen LogP contribution >= 0.6 is 11.8 Å². The maximum absolute atomic E-state index is 11.2. The molecule has 1 saturated heterocycles. The number of benzene rings is 3. The van der Waals surface area contributed by atoms with Crippen molar-refractivity contribution in [1.82, 2.24) is 5.32 Å². The summed E-state index contributed by atoms with van der Waals surface area (Å²) < 4.78 is 12.9. The second-order valence-electron chi connectivity index (χ2n) is 9.11. The van der Waals surface area contributed by atoms with Crippen molar-refractivity contribution >= 4 is 23.6 Å². The lowest BCUT2D eigenvalue weighted by molar-refractivity contribution is -0.268. The van der Waals surface area contributed by atoms with E-state index in [1.54, 1.807) is 23.9 Å². The van der Waals surface area contributed by atoms with Crippen LogP contribution < -0.4 is 5.32 Å². The van der Waals surface area contributed by atoms with E-state index in [0.29, 0.717) is 12.3 Å². The van der Waals surface area contributed by atoms with Gasteiger partial charge < -0.3 is 25.0 Å². The van der Waals surface area contributed by atoms with Gasteiger partial charge in [0.1, 0.15) is 0 Å². The number of carboxylic acid groups (broad SMARTS) is 1. The normalized spacial score (nSPS) is 21.4. The molecule has 0 aromatic heterocycles. The standard InChI is InChI=1S/C29H31NO6S/c1-18-26(17-37-25-13-11-23(12-14-25)28(33)34)35-29(24-9-3-20(4-10-24)15-30-19(2)32)36-27(18)22-7-5-21(16-31)6-8-22/h3-14,18,26-27,29,31H,15-17H2,1-2H3,(H,30,32)(H,33,34)/t18-,26+,27+,29+/m0/s1. The van der Waals surface area contributed by atoms with Crippen molar-refractivity contribution in [3.05, 3.63) is 101 Å². The number of rotatable bonds is 9. The van der Waals surface area contributed by atoms with Gasteiger partial charge in [-0.05, 0) is 41.0 Å². The average molecular weight is 522 g/mol. The summed E-state index contributed by atoms with van der Waals surface area (Å²) in [7, 11) is 0. The van der Waals surface area contributed by atoms with Crippen molar-refractivity contribution in [2.24, 2.45) is 5.92 Å². The Morgan fingerprint density at radius 3 is 2.11 bits per heavy atom. The van der Waals surface area contributed by atoms with Crippen LogP contribution in [0.25, 0.3) is 0 Å². The molecule has 1 fully saturated rings. The minimum atomic E-state index is -0.945. The van der Waals surface area contributed by atoms with Gasteiger partial charge in [0.2, 0.25) is 5.91 Å². The molecular formula is C29H31NO6S. The molecule has 3 aromatic carbocycles. The van der Waals surface area contributed by atoms with Crippen LogP contribution in [0.3, 0.4) is 0 Å².